The largest absolute Gasteiger partial charge is 0.460 e. The number of ether oxygens (including phenoxy) is 1. The van der Waals surface area contributed by atoms with E-state index in [1.807, 2.05) is 0 Å². The molecule has 25 heavy (non-hydrogen) atoms. The van der Waals surface area contributed by atoms with E-state index in [1.165, 1.54) is 0 Å². The van der Waals surface area contributed by atoms with Crippen molar-refractivity contribution in [1.82, 2.24) is 15.3 Å². The van der Waals surface area contributed by atoms with Gasteiger partial charge in [0.25, 0.3) is 5.91 Å². The van der Waals surface area contributed by atoms with Crippen LogP contribution in [0, 0.1) is 5.82 Å². The molecule has 3 rings (SSSR count). The van der Waals surface area contributed by atoms with Crippen molar-refractivity contribution < 1.29 is 13.9 Å². The molecule has 1 N–H and O–H groups in total. The molecule has 1 aromatic heterocycles. The lowest BCUT2D eigenvalue weighted by molar-refractivity contribution is 0.0885. The van der Waals surface area contributed by atoms with Gasteiger partial charge >= 0.3 is 6.01 Å². The minimum absolute atomic E-state index is 0.0438. The van der Waals surface area contributed by atoms with Crippen LogP contribution >= 0.6 is 23.2 Å². The van der Waals surface area contributed by atoms with Crippen molar-refractivity contribution in [2.45, 2.75) is 37.8 Å². The number of amides is 1. The molecule has 1 amide bonds. The summed E-state index contributed by atoms with van der Waals surface area (Å²) in [6.45, 7) is 0. The van der Waals surface area contributed by atoms with Crippen LogP contribution in [0.25, 0.3) is 0 Å². The Kier molecular flexibility index (Phi) is 5.71. The van der Waals surface area contributed by atoms with Crippen molar-refractivity contribution in [3.05, 3.63) is 52.0 Å². The molecule has 0 unspecified atom stereocenters. The van der Waals surface area contributed by atoms with Gasteiger partial charge in [-0.25, -0.2) is 14.4 Å². The molecule has 1 fully saturated rings. The number of halogens is 3. The van der Waals surface area contributed by atoms with E-state index in [0.29, 0.717) is 15.6 Å². The van der Waals surface area contributed by atoms with Crippen LogP contribution in [-0.4, -0.2) is 28.0 Å². The lowest BCUT2D eigenvalue weighted by atomic mass is 9.92. The maximum Gasteiger partial charge on any atom is 0.316 e. The van der Waals surface area contributed by atoms with Crippen molar-refractivity contribution >= 4 is 29.1 Å². The number of hydrogen-bond acceptors (Lipinski definition) is 4. The molecule has 0 aliphatic heterocycles. The average Bonchev–Trinajstić information content (AvgIpc) is 2.58. The van der Waals surface area contributed by atoms with E-state index in [9.17, 15) is 9.18 Å². The predicted molar refractivity (Wildman–Crippen MR) is 92.6 cm³/mol. The smallest absolute Gasteiger partial charge is 0.316 e. The third kappa shape index (κ3) is 4.80. The van der Waals surface area contributed by atoms with E-state index in [1.54, 1.807) is 18.2 Å². The molecule has 1 saturated carbocycles. The fraction of sp³-hybridized carbons (Fsp3) is 0.353. The Morgan fingerprint density at radius 1 is 1.16 bits per heavy atom. The van der Waals surface area contributed by atoms with Crippen molar-refractivity contribution in [1.29, 1.82) is 0 Å². The van der Waals surface area contributed by atoms with Crippen LogP contribution in [0.1, 0.15) is 36.0 Å². The van der Waals surface area contributed by atoms with Crippen LogP contribution < -0.4 is 10.1 Å². The normalized spacial score (nSPS) is 20.1. The van der Waals surface area contributed by atoms with Gasteiger partial charge in [-0.15, -0.1) is 0 Å². The number of carbonyl (C=O) groups excluding carboxylic acids is 1. The Morgan fingerprint density at radius 3 is 2.48 bits per heavy atom. The monoisotopic (exact) mass is 383 g/mol. The Balaban J connectivity index is 1.50. The summed E-state index contributed by atoms with van der Waals surface area (Å²) in [7, 11) is 0. The van der Waals surface area contributed by atoms with Crippen molar-refractivity contribution in [2.75, 3.05) is 0 Å². The van der Waals surface area contributed by atoms with Crippen LogP contribution in [-0.2, 0) is 0 Å². The van der Waals surface area contributed by atoms with Crippen LogP contribution in [0.5, 0.6) is 6.01 Å². The van der Waals surface area contributed by atoms with Gasteiger partial charge in [0.05, 0.1) is 23.0 Å². The molecule has 0 bridgehead atoms. The van der Waals surface area contributed by atoms with Gasteiger partial charge in [-0.3, -0.25) is 4.79 Å². The molecular weight excluding hydrogens is 368 g/mol. The first kappa shape index (κ1) is 17.9. The molecule has 1 aliphatic rings. The minimum Gasteiger partial charge on any atom is -0.460 e. The highest BCUT2D eigenvalue weighted by atomic mass is 35.5. The Bertz CT molecular complexity index is 750. The van der Waals surface area contributed by atoms with Crippen molar-refractivity contribution in [2.24, 2.45) is 0 Å². The third-order valence-electron chi connectivity index (χ3n) is 4.05. The van der Waals surface area contributed by atoms with Gasteiger partial charge in [0.1, 0.15) is 6.10 Å². The van der Waals surface area contributed by atoms with Crippen LogP contribution in [0.4, 0.5) is 4.39 Å². The zero-order chi connectivity index (χ0) is 17.8. The number of carbonyl (C=O) groups is 1. The number of nitrogens with one attached hydrogen (secondary N) is 1. The molecular formula is C17H16Cl2FN3O2. The predicted octanol–water partition coefficient (Wildman–Crippen LogP) is 4.04. The summed E-state index contributed by atoms with van der Waals surface area (Å²) < 4.78 is 18.4. The van der Waals surface area contributed by atoms with Gasteiger partial charge in [0, 0.05) is 11.1 Å². The lowest BCUT2D eigenvalue weighted by Crippen LogP contribution is -2.39. The highest BCUT2D eigenvalue weighted by Crippen LogP contribution is 2.24. The van der Waals surface area contributed by atoms with Crippen molar-refractivity contribution in [3.63, 3.8) is 0 Å². The summed E-state index contributed by atoms with van der Waals surface area (Å²) in [5.41, 5.74) is 0.407. The van der Waals surface area contributed by atoms with E-state index in [-0.39, 0.29) is 24.1 Å². The summed E-state index contributed by atoms with van der Waals surface area (Å²) in [4.78, 5) is 19.9. The quantitative estimate of drug-likeness (QED) is 0.864. The molecule has 1 heterocycles. The molecule has 5 nitrogen and oxygen atoms in total. The second-order valence-electron chi connectivity index (χ2n) is 5.87. The fourth-order valence-corrected chi connectivity index (χ4v) is 3.27. The molecule has 0 radical (unpaired) electrons. The Labute approximate surface area is 154 Å². The van der Waals surface area contributed by atoms with Crippen LogP contribution in [0.15, 0.2) is 30.6 Å². The Morgan fingerprint density at radius 2 is 1.84 bits per heavy atom. The van der Waals surface area contributed by atoms with E-state index < -0.39 is 5.82 Å². The van der Waals surface area contributed by atoms with Gasteiger partial charge in [-0.1, -0.05) is 23.2 Å². The number of aromatic nitrogens is 2. The van der Waals surface area contributed by atoms with E-state index in [4.69, 9.17) is 27.9 Å². The summed E-state index contributed by atoms with van der Waals surface area (Å²) in [5, 5.41) is 3.80. The van der Waals surface area contributed by atoms with Crippen molar-refractivity contribution in [3.8, 4) is 6.01 Å². The highest BCUT2D eigenvalue weighted by Gasteiger charge is 2.25. The van der Waals surface area contributed by atoms with Gasteiger partial charge in [0.2, 0.25) is 0 Å². The molecule has 0 spiro atoms. The zero-order valence-electron chi connectivity index (χ0n) is 13.2. The number of hydrogen-bond donors (Lipinski definition) is 1. The minimum atomic E-state index is -0.500. The van der Waals surface area contributed by atoms with E-state index in [0.717, 1.165) is 38.1 Å². The first-order chi connectivity index (χ1) is 12.0. The lowest BCUT2D eigenvalue weighted by Gasteiger charge is -2.28. The van der Waals surface area contributed by atoms with E-state index in [2.05, 4.69) is 15.3 Å². The molecule has 2 aromatic rings. The molecule has 1 aliphatic carbocycles. The average molecular weight is 384 g/mol. The van der Waals surface area contributed by atoms with Gasteiger partial charge < -0.3 is 10.1 Å². The van der Waals surface area contributed by atoms with E-state index >= 15 is 0 Å². The second kappa shape index (κ2) is 7.97. The zero-order valence-corrected chi connectivity index (χ0v) is 14.7. The second-order valence-corrected chi connectivity index (χ2v) is 6.72. The molecule has 0 saturated heterocycles. The first-order valence-electron chi connectivity index (χ1n) is 7.91. The molecule has 1 aromatic carbocycles. The summed E-state index contributed by atoms with van der Waals surface area (Å²) >= 11 is 11.9. The Hall–Kier alpha value is -1.92. The topological polar surface area (TPSA) is 64.1 Å². The number of benzene rings is 1. The van der Waals surface area contributed by atoms with Gasteiger partial charge in [-0.2, -0.15) is 0 Å². The maximum atomic E-state index is 12.8. The number of nitrogens with zero attached hydrogens (tertiary/aromatic N) is 2. The summed E-state index contributed by atoms with van der Waals surface area (Å²) in [5.74, 6) is -0.715. The standard InChI is InChI=1S/C17H16Cl2FN3O2/c18-10-1-6-14(15(19)7-10)16(24)23-12-2-4-13(5-3-12)25-17-21-8-11(20)9-22-17/h1,6-9,12-13H,2-5H2,(H,23,24). The van der Waals surface area contributed by atoms with Crippen LogP contribution in [0.3, 0.4) is 0 Å². The number of rotatable bonds is 4. The highest BCUT2D eigenvalue weighted by molar-refractivity contribution is 6.36. The maximum absolute atomic E-state index is 12.8. The fourth-order valence-electron chi connectivity index (χ4n) is 2.77. The third-order valence-corrected chi connectivity index (χ3v) is 4.60. The van der Waals surface area contributed by atoms with Gasteiger partial charge in [-0.05, 0) is 43.9 Å². The first-order valence-corrected chi connectivity index (χ1v) is 8.67. The SMILES string of the molecule is O=C(NC1CCC(Oc2ncc(F)cn2)CC1)c1ccc(Cl)cc1Cl. The summed E-state index contributed by atoms with van der Waals surface area (Å²) in [6, 6.07) is 5.01. The van der Waals surface area contributed by atoms with Gasteiger partial charge in [0.15, 0.2) is 5.82 Å². The summed E-state index contributed by atoms with van der Waals surface area (Å²) in [6.07, 6.45) is 5.14. The molecule has 0 atom stereocenters. The van der Waals surface area contributed by atoms with Crippen LogP contribution in [0.2, 0.25) is 10.0 Å². The molecule has 8 heteroatoms. The molecule has 132 valence electrons.